The Morgan fingerprint density at radius 2 is 1.94 bits per heavy atom. The Hall–Kier alpha value is -1.74. The molecule has 1 heterocycles. The lowest BCUT2D eigenvalue weighted by atomic mass is 10.1. The van der Waals surface area contributed by atoms with Crippen LogP contribution in [0.25, 0.3) is 0 Å². The molecule has 1 aromatic carbocycles. The molecule has 2 rings (SSSR count). The number of aromatic hydroxyl groups is 1. The summed E-state index contributed by atoms with van der Waals surface area (Å²) in [6.45, 7) is 2.08. The Labute approximate surface area is 111 Å². The van der Waals surface area contributed by atoms with Crippen molar-refractivity contribution in [2.75, 3.05) is 5.32 Å². The van der Waals surface area contributed by atoms with Gasteiger partial charge in [-0.15, -0.1) is 0 Å². The second kappa shape index (κ2) is 5.74. The summed E-state index contributed by atoms with van der Waals surface area (Å²) in [7, 11) is 0. The normalized spacial score (nSPS) is 12.1. The van der Waals surface area contributed by atoms with Crippen LogP contribution in [-0.2, 0) is 6.42 Å². The minimum atomic E-state index is 0.237. The first-order chi connectivity index (χ1) is 8.63. The van der Waals surface area contributed by atoms with Gasteiger partial charge in [-0.1, -0.05) is 29.8 Å². The van der Waals surface area contributed by atoms with Crippen LogP contribution >= 0.6 is 11.6 Å². The van der Waals surface area contributed by atoms with E-state index in [1.54, 1.807) is 18.2 Å². The third kappa shape index (κ3) is 3.64. The summed E-state index contributed by atoms with van der Waals surface area (Å²) >= 11 is 5.83. The highest BCUT2D eigenvalue weighted by Gasteiger charge is 2.04. The fraction of sp³-hybridized carbons (Fsp3) is 0.214. The fourth-order valence-corrected chi connectivity index (χ4v) is 1.94. The second-order valence-corrected chi connectivity index (χ2v) is 4.65. The molecule has 0 saturated heterocycles. The number of halogens is 1. The lowest BCUT2D eigenvalue weighted by Crippen LogP contribution is -2.18. The zero-order chi connectivity index (χ0) is 13.0. The zero-order valence-electron chi connectivity index (χ0n) is 10.1. The molecule has 1 unspecified atom stereocenters. The monoisotopic (exact) mass is 262 g/mol. The minimum absolute atomic E-state index is 0.237. The molecule has 18 heavy (non-hydrogen) atoms. The summed E-state index contributed by atoms with van der Waals surface area (Å²) in [6, 6.07) is 13.0. The number of pyridine rings is 1. The maximum Gasteiger partial charge on any atom is 0.131 e. The van der Waals surface area contributed by atoms with E-state index in [4.69, 9.17) is 11.6 Å². The molecule has 0 aliphatic rings. The molecule has 94 valence electrons. The van der Waals surface area contributed by atoms with Gasteiger partial charge in [-0.2, -0.15) is 0 Å². The molecule has 1 atom stereocenters. The Morgan fingerprint density at radius 1 is 1.22 bits per heavy atom. The van der Waals surface area contributed by atoms with Gasteiger partial charge in [0.05, 0.1) is 0 Å². The van der Waals surface area contributed by atoms with Crippen LogP contribution in [0.5, 0.6) is 5.75 Å². The van der Waals surface area contributed by atoms with E-state index in [0.29, 0.717) is 5.15 Å². The van der Waals surface area contributed by atoms with Gasteiger partial charge < -0.3 is 10.4 Å². The Morgan fingerprint density at radius 3 is 2.61 bits per heavy atom. The SMILES string of the molecule is CC(Cc1ccc(O)cc1)Nc1cccc(Cl)n1. The lowest BCUT2D eigenvalue weighted by molar-refractivity contribution is 0.475. The highest BCUT2D eigenvalue weighted by atomic mass is 35.5. The molecule has 0 spiro atoms. The number of hydrogen-bond donors (Lipinski definition) is 2. The second-order valence-electron chi connectivity index (χ2n) is 4.26. The first kappa shape index (κ1) is 12.7. The van der Waals surface area contributed by atoms with Crippen LogP contribution in [0.1, 0.15) is 12.5 Å². The van der Waals surface area contributed by atoms with Crippen LogP contribution in [0.3, 0.4) is 0 Å². The molecule has 4 heteroatoms. The molecule has 3 nitrogen and oxygen atoms in total. The number of phenols is 1. The molecule has 1 aromatic heterocycles. The van der Waals surface area contributed by atoms with Crippen LogP contribution in [0.4, 0.5) is 5.82 Å². The first-order valence-corrected chi connectivity index (χ1v) is 6.18. The Balaban J connectivity index is 1.96. The number of hydrogen-bond acceptors (Lipinski definition) is 3. The zero-order valence-corrected chi connectivity index (χ0v) is 10.9. The quantitative estimate of drug-likeness (QED) is 0.829. The number of phenolic OH excluding ortho intramolecular Hbond substituents is 1. The number of aromatic nitrogens is 1. The van der Waals surface area contributed by atoms with Gasteiger partial charge in [-0.3, -0.25) is 0 Å². The molecular weight excluding hydrogens is 248 g/mol. The number of anilines is 1. The summed E-state index contributed by atoms with van der Waals surface area (Å²) in [5.41, 5.74) is 1.16. The molecule has 0 radical (unpaired) electrons. The predicted octanol–water partition coefficient (Wildman–Crippen LogP) is 3.48. The molecular formula is C14H15ClN2O. The minimum Gasteiger partial charge on any atom is -0.508 e. The topological polar surface area (TPSA) is 45.1 Å². The summed E-state index contributed by atoms with van der Waals surface area (Å²) in [5.74, 6) is 1.06. The number of nitrogens with one attached hydrogen (secondary N) is 1. The summed E-state index contributed by atoms with van der Waals surface area (Å²) in [4.78, 5) is 4.18. The third-order valence-corrected chi connectivity index (χ3v) is 2.80. The molecule has 0 amide bonds. The Kier molecular flexibility index (Phi) is 4.05. The van der Waals surface area contributed by atoms with E-state index in [2.05, 4.69) is 17.2 Å². The van der Waals surface area contributed by atoms with Crippen LogP contribution in [0, 0.1) is 0 Å². The largest absolute Gasteiger partial charge is 0.508 e. The molecule has 0 aliphatic heterocycles. The number of rotatable bonds is 4. The smallest absolute Gasteiger partial charge is 0.131 e. The average Bonchev–Trinajstić information content (AvgIpc) is 2.32. The van der Waals surface area contributed by atoms with Crippen LogP contribution in [-0.4, -0.2) is 16.1 Å². The van der Waals surface area contributed by atoms with Gasteiger partial charge in [0, 0.05) is 6.04 Å². The van der Waals surface area contributed by atoms with E-state index >= 15 is 0 Å². The summed E-state index contributed by atoms with van der Waals surface area (Å²) in [6.07, 6.45) is 0.856. The van der Waals surface area contributed by atoms with Crippen molar-refractivity contribution in [1.29, 1.82) is 0 Å². The molecule has 2 N–H and O–H groups in total. The number of benzene rings is 1. The molecule has 0 aliphatic carbocycles. The average molecular weight is 263 g/mol. The van der Waals surface area contributed by atoms with E-state index < -0.39 is 0 Å². The third-order valence-electron chi connectivity index (χ3n) is 2.59. The van der Waals surface area contributed by atoms with Gasteiger partial charge in [0.2, 0.25) is 0 Å². The highest BCUT2D eigenvalue weighted by molar-refractivity contribution is 6.29. The van der Waals surface area contributed by atoms with Crippen molar-refractivity contribution in [3.8, 4) is 5.75 Å². The van der Waals surface area contributed by atoms with Crippen LogP contribution in [0.15, 0.2) is 42.5 Å². The maximum absolute atomic E-state index is 9.22. The van der Waals surface area contributed by atoms with Gasteiger partial charge in [0.1, 0.15) is 16.7 Å². The van der Waals surface area contributed by atoms with Gasteiger partial charge in [-0.25, -0.2) is 4.98 Å². The van der Waals surface area contributed by atoms with Gasteiger partial charge in [0.15, 0.2) is 0 Å². The fourth-order valence-electron chi connectivity index (χ4n) is 1.78. The molecule has 2 aromatic rings. The predicted molar refractivity (Wildman–Crippen MR) is 74.1 cm³/mol. The standard InChI is InChI=1S/C14H15ClN2O/c1-10(9-11-5-7-12(18)8-6-11)16-14-4-2-3-13(15)17-14/h2-8,10,18H,9H2,1H3,(H,16,17). The first-order valence-electron chi connectivity index (χ1n) is 5.80. The summed E-state index contributed by atoms with van der Waals surface area (Å²) in [5, 5.41) is 13.0. The van der Waals surface area contributed by atoms with Crippen molar-refractivity contribution < 1.29 is 5.11 Å². The van der Waals surface area contributed by atoms with Crippen molar-refractivity contribution in [2.45, 2.75) is 19.4 Å². The van der Waals surface area contributed by atoms with Crippen molar-refractivity contribution in [3.63, 3.8) is 0 Å². The van der Waals surface area contributed by atoms with Gasteiger partial charge in [-0.05, 0) is 43.2 Å². The van der Waals surface area contributed by atoms with E-state index in [9.17, 15) is 5.11 Å². The lowest BCUT2D eigenvalue weighted by Gasteiger charge is -2.14. The van der Waals surface area contributed by atoms with Crippen molar-refractivity contribution in [3.05, 3.63) is 53.2 Å². The van der Waals surface area contributed by atoms with E-state index in [1.807, 2.05) is 24.3 Å². The maximum atomic E-state index is 9.22. The van der Waals surface area contributed by atoms with Crippen LogP contribution < -0.4 is 5.32 Å². The van der Waals surface area contributed by atoms with E-state index in [0.717, 1.165) is 17.8 Å². The van der Waals surface area contributed by atoms with Crippen molar-refractivity contribution in [1.82, 2.24) is 4.98 Å². The highest BCUT2D eigenvalue weighted by Crippen LogP contribution is 2.14. The van der Waals surface area contributed by atoms with Gasteiger partial charge in [0.25, 0.3) is 0 Å². The van der Waals surface area contributed by atoms with Crippen molar-refractivity contribution in [2.24, 2.45) is 0 Å². The van der Waals surface area contributed by atoms with E-state index in [-0.39, 0.29) is 11.8 Å². The summed E-state index contributed by atoms with van der Waals surface area (Å²) < 4.78 is 0. The molecule has 0 bridgehead atoms. The number of nitrogens with zero attached hydrogens (tertiary/aromatic N) is 1. The Bertz CT molecular complexity index is 513. The van der Waals surface area contributed by atoms with E-state index in [1.165, 1.54) is 0 Å². The molecule has 0 saturated carbocycles. The van der Waals surface area contributed by atoms with Crippen molar-refractivity contribution >= 4 is 17.4 Å². The van der Waals surface area contributed by atoms with Gasteiger partial charge >= 0.3 is 0 Å². The molecule has 0 fully saturated rings. The van der Waals surface area contributed by atoms with Crippen LogP contribution in [0.2, 0.25) is 5.15 Å².